The van der Waals surface area contributed by atoms with Gasteiger partial charge in [0.15, 0.2) is 0 Å². The maximum absolute atomic E-state index is 5.91. The molecular weight excluding hydrogens is 170 g/mol. The van der Waals surface area contributed by atoms with Crippen molar-refractivity contribution in [1.82, 2.24) is 5.32 Å². The van der Waals surface area contributed by atoms with Crippen molar-refractivity contribution in [1.29, 1.82) is 0 Å². The van der Waals surface area contributed by atoms with E-state index < -0.39 is 0 Å². The number of allylic oxidation sites excluding steroid dienone is 2. The highest BCUT2D eigenvalue weighted by Crippen LogP contribution is 2.17. The second-order valence-corrected chi connectivity index (χ2v) is 4.69. The van der Waals surface area contributed by atoms with E-state index >= 15 is 0 Å². The lowest BCUT2D eigenvalue weighted by Crippen LogP contribution is -2.43. The standard InChI is InChI=1S/C10H16ClN/c1-10(2,3)12-9-6-4-5-8(11)7-9/h4-6,9,12H,7H2,1-3H3. The molecule has 0 bridgehead atoms. The molecule has 1 rings (SSSR count). The molecule has 0 radical (unpaired) electrons. The number of hydrogen-bond acceptors (Lipinski definition) is 1. The third-order valence-corrected chi connectivity index (χ3v) is 1.93. The van der Waals surface area contributed by atoms with Crippen molar-refractivity contribution in [2.45, 2.75) is 38.8 Å². The molecule has 1 aliphatic rings. The molecule has 0 saturated carbocycles. The molecule has 1 N–H and O–H groups in total. The lowest BCUT2D eigenvalue weighted by atomic mass is 10.0. The Hall–Kier alpha value is -0.270. The zero-order valence-corrected chi connectivity index (χ0v) is 8.65. The summed E-state index contributed by atoms with van der Waals surface area (Å²) in [4.78, 5) is 0. The summed E-state index contributed by atoms with van der Waals surface area (Å²) in [7, 11) is 0. The van der Waals surface area contributed by atoms with Crippen molar-refractivity contribution >= 4 is 11.6 Å². The van der Waals surface area contributed by atoms with E-state index in [9.17, 15) is 0 Å². The first-order valence-electron chi connectivity index (χ1n) is 4.28. The van der Waals surface area contributed by atoms with E-state index in [0.29, 0.717) is 6.04 Å². The molecule has 0 spiro atoms. The van der Waals surface area contributed by atoms with Gasteiger partial charge >= 0.3 is 0 Å². The van der Waals surface area contributed by atoms with Crippen molar-refractivity contribution in [2.75, 3.05) is 0 Å². The summed E-state index contributed by atoms with van der Waals surface area (Å²) >= 11 is 5.91. The van der Waals surface area contributed by atoms with Gasteiger partial charge in [0.25, 0.3) is 0 Å². The van der Waals surface area contributed by atoms with Gasteiger partial charge < -0.3 is 5.32 Å². The molecule has 1 unspecified atom stereocenters. The van der Waals surface area contributed by atoms with Gasteiger partial charge in [-0.25, -0.2) is 0 Å². The van der Waals surface area contributed by atoms with Crippen LogP contribution < -0.4 is 5.32 Å². The number of nitrogens with one attached hydrogen (secondary N) is 1. The molecule has 2 heteroatoms. The van der Waals surface area contributed by atoms with Gasteiger partial charge in [-0.05, 0) is 26.8 Å². The van der Waals surface area contributed by atoms with E-state index in [1.165, 1.54) is 0 Å². The minimum Gasteiger partial charge on any atom is -0.305 e. The summed E-state index contributed by atoms with van der Waals surface area (Å²) in [6.45, 7) is 6.48. The summed E-state index contributed by atoms with van der Waals surface area (Å²) < 4.78 is 0. The molecule has 1 nitrogen and oxygen atoms in total. The lowest BCUT2D eigenvalue weighted by Gasteiger charge is -2.27. The van der Waals surface area contributed by atoms with Crippen LogP contribution in [0.5, 0.6) is 0 Å². The van der Waals surface area contributed by atoms with Crippen molar-refractivity contribution in [3.8, 4) is 0 Å². The molecule has 0 aromatic rings. The van der Waals surface area contributed by atoms with Crippen molar-refractivity contribution in [3.63, 3.8) is 0 Å². The molecule has 0 heterocycles. The summed E-state index contributed by atoms with van der Waals surface area (Å²) in [6.07, 6.45) is 7.02. The van der Waals surface area contributed by atoms with E-state index in [0.717, 1.165) is 11.5 Å². The van der Waals surface area contributed by atoms with Gasteiger partial charge in [-0.1, -0.05) is 23.8 Å². The normalized spacial score (nSPS) is 24.0. The average Bonchev–Trinajstić information content (AvgIpc) is 1.82. The molecule has 0 amide bonds. The Kier molecular flexibility index (Phi) is 2.97. The van der Waals surface area contributed by atoms with Gasteiger partial charge in [-0.3, -0.25) is 0 Å². The Bertz CT molecular complexity index is 210. The Morgan fingerprint density at radius 3 is 2.67 bits per heavy atom. The van der Waals surface area contributed by atoms with Gasteiger partial charge in [0.05, 0.1) is 0 Å². The highest BCUT2D eigenvalue weighted by atomic mass is 35.5. The average molecular weight is 186 g/mol. The highest BCUT2D eigenvalue weighted by Gasteiger charge is 2.16. The summed E-state index contributed by atoms with van der Waals surface area (Å²) in [5, 5.41) is 4.41. The minimum atomic E-state index is 0.156. The van der Waals surface area contributed by atoms with E-state index in [4.69, 9.17) is 11.6 Å². The lowest BCUT2D eigenvalue weighted by molar-refractivity contribution is 0.390. The maximum Gasteiger partial charge on any atom is 0.0306 e. The quantitative estimate of drug-likeness (QED) is 0.663. The summed E-state index contributed by atoms with van der Waals surface area (Å²) in [5.41, 5.74) is 0.156. The van der Waals surface area contributed by atoms with Crippen LogP contribution in [0.3, 0.4) is 0 Å². The third-order valence-electron chi connectivity index (χ3n) is 1.65. The van der Waals surface area contributed by atoms with Crippen LogP contribution in [0.15, 0.2) is 23.3 Å². The third kappa shape index (κ3) is 3.42. The monoisotopic (exact) mass is 185 g/mol. The van der Waals surface area contributed by atoms with E-state index in [1.807, 2.05) is 12.2 Å². The zero-order valence-electron chi connectivity index (χ0n) is 7.89. The predicted octanol–water partition coefficient (Wildman–Crippen LogP) is 2.83. The van der Waals surface area contributed by atoms with Crippen molar-refractivity contribution in [3.05, 3.63) is 23.3 Å². The fourth-order valence-corrected chi connectivity index (χ4v) is 1.53. The fourth-order valence-electron chi connectivity index (χ4n) is 1.30. The van der Waals surface area contributed by atoms with Crippen LogP contribution in [-0.2, 0) is 0 Å². The van der Waals surface area contributed by atoms with Gasteiger partial charge in [0.2, 0.25) is 0 Å². The first-order chi connectivity index (χ1) is 5.47. The molecular formula is C10H16ClN. The van der Waals surface area contributed by atoms with Gasteiger partial charge in [-0.15, -0.1) is 0 Å². The number of hydrogen-bond donors (Lipinski definition) is 1. The van der Waals surface area contributed by atoms with Crippen LogP contribution >= 0.6 is 11.6 Å². The van der Waals surface area contributed by atoms with Crippen LogP contribution in [0.1, 0.15) is 27.2 Å². The summed E-state index contributed by atoms with van der Waals surface area (Å²) in [6, 6.07) is 0.391. The topological polar surface area (TPSA) is 12.0 Å². The van der Waals surface area contributed by atoms with Gasteiger partial charge in [0, 0.05) is 23.0 Å². The molecule has 0 fully saturated rings. The number of rotatable bonds is 1. The first-order valence-corrected chi connectivity index (χ1v) is 4.66. The number of halogens is 1. The Balaban J connectivity index is 2.47. The van der Waals surface area contributed by atoms with E-state index in [-0.39, 0.29) is 5.54 Å². The van der Waals surface area contributed by atoms with Crippen LogP contribution in [-0.4, -0.2) is 11.6 Å². The Morgan fingerprint density at radius 1 is 1.50 bits per heavy atom. The van der Waals surface area contributed by atoms with Gasteiger partial charge in [-0.2, -0.15) is 0 Å². The van der Waals surface area contributed by atoms with Crippen molar-refractivity contribution < 1.29 is 0 Å². The molecule has 0 aromatic heterocycles. The largest absolute Gasteiger partial charge is 0.305 e. The molecule has 68 valence electrons. The predicted molar refractivity (Wildman–Crippen MR) is 54.4 cm³/mol. The molecule has 12 heavy (non-hydrogen) atoms. The minimum absolute atomic E-state index is 0.156. The second kappa shape index (κ2) is 3.63. The molecule has 0 aliphatic heterocycles. The molecule has 1 aliphatic carbocycles. The smallest absolute Gasteiger partial charge is 0.0306 e. The van der Waals surface area contributed by atoms with Crippen LogP contribution in [0.4, 0.5) is 0 Å². The zero-order chi connectivity index (χ0) is 9.19. The maximum atomic E-state index is 5.91. The molecule has 0 saturated heterocycles. The van der Waals surface area contributed by atoms with Crippen LogP contribution in [0, 0.1) is 0 Å². The highest BCUT2D eigenvalue weighted by molar-refractivity contribution is 6.29. The SMILES string of the molecule is CC(C)(C)NC1C=CC=C(Cl)C1. The Labute approximate surface area is 79.5 Å². The molecule has 0 aromatic carbocycles. The van der Waals surface area contributed by atoms with Crippen LogP contribution in [0.25, 0.3) is 0 Å². The van der Waals surface area contributed by atoms with E-state index in [2.05, 4.69) is 32.2 Å². The van der Waals surface area contributed by atoms with E-state index in [1.54, 1.807) is 0 Å². The van der Waals surface area contributed by atoms with Gasteiger partial charge in [0.1, 0.15) is 0 Å². The van der Waals surface area contributed by atoms with Crippen LogP contribution in [0.2, 0.25) is 0 Å². The summed E-state index contributed by atoms with van der Waals surface area (Å²) in [5.74, 6) is 0. The second-order valence-electron chi connectivity index (χ2n) is 4.20. The molecule has 1 atom stereocenters. The van der Waals surface area contributed by atoms with Crippen molar-refractivity contribution in [2.24, 2.45) is 0 Å². The Morgan fingerprint density at radius 2 is 2.17 bits per heavy atom. The fraction of sp³-hybridized carbons (Fsp3) is 0.600. The first kappa shape index (κ1) is 9.82.